The van der Waals surface area contributed by atoms with Gasteiger partial charge in [-0.3, -0.25) is 4.31 Å². The second-order valence-electron chi connectivity index (χ2n) is 2.73. The van der Waals surface area contributed by atoms with Crippen LogP contribution in [0.15, 0.2) is 5.51 Å². The van der Waals surface area contributed by atoms with Crippen molar-refractivity contribution in [1.29, 1.82) is 0 Å². The van der Waals surface area contributed by atoms with E-state index < -0.39 is 16.0 Å². The van der Waals surface area contributed by atoms with Gasteiger partial charge in [0.2, 0.25) is 10.0 Å². The fraction of sp³-hybridized carbons (Fsp3) is 0.429. The van der Waals surface area contributed by atoms with Crippen LogP contribution >= 0.6 is 11.3 Å². The number of ether oxygens (including phenoxy) is 1. The molecular formula is C7H10N2O4S2. The lowest BCUT2D eigenvalue weighted by molar-refractivity contribution is 0.0607. The predicted molar refractivity (Wildman–Crippen MR) is 56.7 cm³/mol. The normalized spacial score (nSPS) is 11.1. The highest BCUT2D eigenvalue weighted by Crippen LogP contribution is 2.24. The molecule has 0 spiro atoms. The van der Waals surface area contributed by atoms with Gasteiger partial charge in [-0.25, -0.2) is 18.2 Å². The molecule has 84 valence electrons. The van der Waals surface area contributed by atoms with E-state index in [-0.39, 0.29) is 10.7 Å². The number of thiazole rings is 1. The summed E-state index contributed by atoms with van der Waals surface area (Å²) in [4.78, 5) is 15.2. The van der Waals surface area contributed by atoms with Gasteiger partial charge in [-0.1, -0.05) is 0 Å². The van der Waals surface area contributed by atoms with Crippen LogP contribution in [0.5, 0.6) is 0 Å². The van der Waals surface area contributed by atoms with E-state index in [1.807, 2.05) is 0 Å². The monoisotopic (exact) mass is 250 g/mol. The molecule has 0 amide bonds. The molecule has 0 saturated heterocycles. The summed E-state index contributed by atoms with van der Waals surface area (Å²) in [5, 5.41) is 0. The summed E-state index contributed by atoms with van der Waals surface area (Å²) >= 11 is 1.03. The van der Waals surface area contributed by atoms with Gasteiger partial charge in [0.25, 0.3) is 0 Å². The van der Waals surface area contributed by atoms with Crippen molar-refractivity contribution in [2.75, 3.05) is 24.7 Å². The molecule has 0 aliphatic heterocycles. The lowest BCUT2D eigenvalue weighted by Crippen LogP contribution is -2.26. The van der Waals surface area contributed by atoms with Crippen molar-refractivity contribution in [2.24, 2.45) is 0 Å². The molecule has 0 aromatic carbocycles. The predicted octanol–water partition coefficient (Wildman–Crippen LogP) is 0.326. The second-order valence-corrected chi connectivity index (χ2v) is 5.60. The fourth-order valence-corrected chi connectivity index (χ4v) is 2.10. The number of esters is 1. The molecule has 1 rings (SSSR count). The van der Waals surface area contributed by atoms with E-state index in [9.17, 15) is 13.2 Å². The summed E-state index contributed by atoms with van der Waals surface area (Å²) in [6.07, 6.45) is 1.04. The summed E-state index contributed by atoms with van der Waals surface area (Å²) in [5.74, 6) is -0.502. The zero-order valence-electron chi connectivity index (χ0n) is 8.42. The largest absolute Gasteiger partial charge is 0.465 e. The third-order valence-electron chi connectivity index (χ3n) is 1.72. The van der Waals surface area contributed by atoms with Gasteiger partial charge in [0.05, 0.1) is 18.9 Å². The number of rotatable bonds is 3. The standard InChI is InChI=1S/C7H10N2O4S2/c1-9(15(3,11)12)6-5(7(10)13-2)14-4-8-6/h4H,1-3H3. The molecule has 15 heavy (non-hydrogen) atoms. The molecule has 0 aliphatic rings. The van der Waals surface area contributed by atoms with Crippen LogP contribution in [-0.2, 0) is 14.8 Å². The zero-order chi connectivity index (χ0) is 11.6. The van der Waals surface area contributed by atoms with Crippen LogP contribution in [0.25, 0.3) is 0 Å². The summed E-state index contributed by atoms with van der Waals surface area (Å²) in [7, 11) is -0.862. The maximum absolute atomic E-state index is 11.3. The van der Waals surface area contributed by atoms with E-state index in [1.165, 1.54) is 19.7 Å². The summed E-state index contributed by atoms with van der Waals surface area (Å²) < 4.78 is 27.9. The molecule has 8 heteroatoms. The number of carbonyl (C=O) groups excluding carboxylic acids is 1. The van der Waals surface area contributed by atoms with Crippen molar-refractivity contribution in [3.05, 3.63) is 10.4 Å². The topological polar surface area (TPSA) is 76.6 Å². The number of carbonyl (C=O) groups is 1. The summed E-state index contributed by atoms with van der Waals surface area (Å²) in [6, 6.07) is 0. The van der Waals surface area contributed by atoms with Gasteiger partial charge in [0.1, 0.15) is 0 Å². The first-order chi connectivity index (χ1) is 6.88. The Morgan fingerprint density at radius 1 is 1.60 bits per heavy atom. The fourth-order valence-electron chi connectivity index (χ4n) is 0.854. The molecule has 0 saturated carbocycles. The Hall–Kier alpha value is -1.15. The zero-order valence-corrected chi connectivity index (χ0v) is 10.1. The molecule has 0 fully saturated rings. The van der Waals surface area contributed by atoms with Crippen LogP contribution in [-0.4, -0.2) is 39.8 Å². The van der Waals surface area contributed by atoms with Crippen LogP contribution in [0.2, 0.25) is 0 Å². The van der Waals surface area contributed by atoms with Gasteiger partial charge in [0, 0.05) is 7.05 Å². The third kappa shape index (κ3) is 2.45. The number of methoxy groups -OCH3 is 1. The van der Waals surface area contributed by atoms with Gasteiger partial charge in [0.15, 0.2) is 10.7 Å². The highest BCUT2D eigenvalue weighted by atomic mass is 32.2. The summed E-state index contributed by atoms with van der Waals surface area (Å²) in [6.45, 7) is 0. The smallest absolute Gasteiger partial charge is 0.351 e. The Morgan fingerprint density at radius 2 is 2.20 bits per heavy atom. The van der Waals surface area contributed by atoms with Crippen molar-refractivity contribution < 1.29 is 17.9 Å². The second kappa shape index (κ2) is 4.15. The number of hydrogen-bond donors (Lipinski definition) is 0. The van der Waals surface area contributed by atoms with Crippen molar-refractivity contribution in [3.63, 3.8) is 0 Å². The molecule has 0 bridgehead atoms. The Kier molecular flexibility index (Phi) is 3.30. The van der Waals surface area contributed by atoms with Gasteiger partial charge in [-0.15, -0.1) is 11.3 Å². The maximum atomic E-state index is 11.3. The number of aromatic nitrogens is 1. The number of sulfonamides is 1. The summed E-state index contributed by atoms with van der Waals surface area (Å²) in [5.41, 5.74) is 1.39. The maximum Gasteiger partial charge on any atom is 0.351 e. The first kappa shape index (κ1) is 11.9. The third-order valence-corrected chi connectivity index (χ3v) is 3.68. The van der Waals surface area contributed by atoms with Gasteiger partial charge >= 0.3 is 5.97 Å². The van der Waals surface area contributed by atoms with Crippen LogP contribution in [0.3, 0.4) is 0 Å². The average Bonchev–Trinajstić information content (AvgIpc) is 2.62. The first-order valence-corrected chi connectivity index (χ1v) is 6.56. The lowest BCUT2D eigenvalue weighted by Gasteiger charge is -2.14. The number of hydrogen-bond acceptors (Lipinski definition) is 6. The Labute approximate surface area is 91.5 Å². The Morgan fingerprint density at radius 3 is 2.67 bits per heavy atom. The number of nitrogens with zero attached hydrogens (tertiary/aromatic N) is 2. The minimum absolute atomic E-state index is 0.0920. The Balaban J connectivity index is 3.17. The van der Waals surface area contributed by atoms with E-state index in [0.717, 1.165) is 21.9 Å². The van der Waals surface area contributed by atoms with Crippen molar-refractivity contribution in [1.82, 2.24) is 4.98 Å². The van der Waals surface area contributed by atoms with Crippen LogP contribution in [0, 0.1) is 0 Å². The average molecular weight is 250 g/mol. The van der Waals surface area contributed by atoms with Gasteiger partial charge in [-0.05, 0) is 0 Å². The minimum Gasteiger partial charge on any atom is -0.465 e. The molecule has 0 radical (unpaired) electrons. The highest BCUT2D eigenvalue weighted by Gasteiger charge is 2.23. The van der Waals surface area contributed by atoms with Crippen molar-refractivity contribution >= 4 is 33.1 Å². The molecule has 0 N–H and O–H groups in total. The van der Waals surface area contributed by atoms with E-state index in [1.54, 1.807) is 0 Å². The van der Waals surface area contributed by atoms with Crippen molar-refractivity contribution in [3.8, 4) is 0 Å². The SMILES string of the molecule is COC(=O)c1scnc1N(C)S(C)(=O)=O. The quantitative estimate of drug-likeness (QED) is 0.722. The van der Waals surface area contributed by atoms with Crippen LogP contribution in [0.4, 0.5) is 5.82 Å². The first-order valence-electron chi connectivity index (χ1n) is 3.83. The van der Waals surface area contributed by atoms with Crippen LogP contribution < -0.4 is 4.31 Å². The molecule has 1 aromatic heterocycles. The van der Waals surface area contributed by atoms with E-state index in [0.29, 0.717) is 0 Å². The molecule has 0 atom stereocenters. The molecule has 0 unspecified atom stereocenters. The van der Waals surface area contributed by atoms with Crippen LogP contribution in [0.1, 0.15) is 9.67 Å². The number of anilines is 1. The van der Waals surface area contributed by atoms with E-state index >= 15 is 0 Å². The van der Waals surface area contributed by atoms with Gasteiger partial charge < -0.3 is 4.74 Å². The van der Waals surface area contributed by atoms with E-state index in [4.69, 9.17) is 0 Å². The molecule has 0 aliphatic carbocycles. The highest BCUT2D eigenvalue weighted by molar-refractivity contribution is 7.92. The van der Waals surface area contributed by atoms with Crippen molar-refractivity contribution in [2.45, 2.75) is 0 Å². The van der Waals surface area contributed by atoms with E-state index in [2.05, 4.69) is 9.72 Å². The molecule has 1 heterocycles. The minimum atomic E-state index is -3.42. The molecular weight excluding hydrogens is 240 g/mol. The Bertz CT molecular complexity index is 465. The van der Waals surface area contributed by atoms with Gasteiger partial charge in [-0.2, -0.15) is 0 Å². The molecule has 6 nitrogen and oxygen atoms in total. The lowest BCUT2D eigenvalue weighted by atomic mass is 10.5. The molecule has 1 aromatic rings.